The topological polar surface area (TPSA) is 66.4 Å². The van der Waals surface area contributed by atoms with Crippen LogP contribution in [0.2, 0.25) is 0 Å². The second-order valence-electron chi connectivity index (χ2n) is 5.80. The summed E-state index contributed by atoms with van der Waals surface area (Å²) in [6.45, 7) is 4.05. The maximum atomic E-state index is 11.7. The Labute approximate surface area is 119 Å². The molecule has 2 atom stereocenters. The summed E-state index contributed by atoms with van der Waals surface area (Å²) < 4.78 is 25.1. The van der Waals surface area contributed by atoms with Crippen molar-refractivity contribution >= 4 is 16.0 Å². The van der Waals surface area contributed by atoms with Crippen LogP contribution in [-0.2, 0) is 10.0 Å². The molecule has 0 aromatic carbocycles. The Morgan fingerprint density at radius 3 is 2.60 bits per heavy atom. The van der Waals surface area contributed by atoms with E-state index in [1.54, 1.807) is 4.31 Å². The number of hydrogen-bond acceptors (Lipinski definition) is 5. The minimum absolute atomic E-state index is 0.209. The van der Waals surface area contributed by atoms with Crippen molar-refractivity contribution in [1.82, 2.24) is 14.3 Å². The van der Waals surface area contributed by atoms with Crippen molar-refractivity contribution in [2.24, 2.45) is 5.92 Å². The summed E-state index contributed by atoms with van der Waals surface area (Å²) >= 11 is 0. The third-order valence-corrected chi connectivity index (χ3v) is 5.48. The van der Waals surface area contributed by atoms with Gasteiger partial charge in [0.2, 0.25) is 16.0 Å². The Kier molecular flexibility index (Phi) is 3.41. The van der Waals surface area contributed by atoms with Gasteiger partial charge < -0.3 is 4.90 Å². The van der Waals surface area contributed by atoms with Gasteiger partial charge in [-0.05, 0) is 31.2 Å². The predicted octanol–water partition coefficient (Wildman–Crippen LogP) is 0.645. The van der Waals surface area contributed by atoms with Crippen molar-refractivity contribution in [2.45, 2.75) is 25.8 Å². The first kappa shape index (κ1) is 13.8. The maximum Gasteiger partial charge on any atom is 0.225 e. The molecule has 1 aromatic rings. The number of piperidine rings is 1. The summed E-state index contributed by atoms with van der Waals surface area (Å²) in [6.07, 6.45) is 7.07. The smallest absolute Gasteiger partial charge is 0.225 e. The summed E-state index contributed by atoms with van der Waals surface area (Å²) in [6, 6.07) is 0.209. The molecule has 3 heterocycles. The van der Waals surface area contributed by atoms with Gasteiger partial charge in [0.05, 0.1) is 6.26 Å². The first-order valence-corrected chi connectivity index (χ1v) is 8.80. The van der Waals surface area contributed by atoms with Crippen LogP contribution in [0.3, 0.4) is 0 Å². The summed E-state index contributed by atoms with van der Waals surface area (Å²) in [4.78, 5) is 11.0. The van der Waals surface area contributed by atoms with Crippen LogP contribution in [0, 0.1) is 12.8 Å². The minimum Gasteiger partial charge on any atom is -0.336 e. The van der Waals surface area contributed by atoms with E-state index in [1.165, 1.54) is 6.26 Å². The lowest BCUT2D eigenvalue weighted by molar-refractivity contribution is 0.378. The predicted molar refractivity (Wildman–Crippen MR) is 77.0 cm³/mol. The molecule has 0 saturated carbocycles. The maximum absolute atomic E-state index is 11.7. The lowest BCUT2D eigenvalue weighted by Gasteiger charge is -2.36. The van der Waals surface area contributed by atoms with E-state index in [0.29, 0.717) is 19.0 Å². The van der Waals surface area contributed by atoms with E-state index in [-0.39, 0.29) is 6.04 Å². The van der Waals surface area contributed by atoms with Crippen LogP contribution in [0.15, 0.2) is 12.4 Å². The molecule has 0 aliphatic carbocycles. The van der Waals surface area contributed by atoms with Gasteiger partial charge >= 0.3 is 0 Å². The van der Waals surface area contributed by atoms with Crippen LogP contribution in [-0.4, -0.2) is 54.6 Å². The highest BCUT2D eigenvalue weighted by Gasteiger charge is 2.42. The molecule has 0 bridgehead atoms. The molecule has 2 aliphatic heterocycles. The van der Waals surface area contributed by atoms with Gasteiger partial charge in [-0.3, -0.25) is 0 Å². The third kappa shape index (κ3) is 2.52. The van der Waals surface area contributed by atoms with Gasteiger partial charge in [0, 0.05) is 38.1 Å². The molecule has 0 radical (unpaired) electrons. The average molecular weight is 296 g/mol. The fourth-order valence-electron chi connectivity index (χ4n) is 3.20. The molecule has 0 amide bonds. The fourth-order valence-corrected chi connectivity index (χ4v) is 4.08. The SMILES string of the molecule is Cc1cnc(N2CCC[C@@H]3CN(S(C)(=O)=O)C[C@@H]32)nc1. The molecule has 0 unspecified atom stereocenters. The Hall–Kier alpha value is -1.21. The van der Waals surface area contributed by atoms with E-state index in [9.17, 15) is 8.42 Å². The number of aromatic nitrogens is 2. The van der Waals surface area contributed by atoms with Crippen molar-refractivity contribution in [3.05, 3.63) is 18.0 Å². The van der Waals surface area contributed by atoms with Crippen molar-refractivity contribution in [3.8, 4) is 0 Å². The summed E-state index contributed by atoms with van der Waals surface area (Å²) in [5.41, 5.74) is 1.03. The average Bonchev–Trinajstić information content (AvgIpc) is 2.83. The van der Waals surface area contributed by atoms with Crippen LogP contribution in [0.1, 0.15) is 18.4 Å². The second-order valence-corrected chi connectivity index (χ2v) is 7.79. The van der Waals surface area contributed by atoms with Crippen molar-refractivity contribution < 1.29 is 8.42 Å². The molecule has 2 saturated heterocycles. The Balaban J connectivity index is 1.85. The van der Waals surface area contributed by atoms with E-state index in [4.69, 9.17) is 0 Å². The molecule has 7 heteroatoms. The first-order valence-electron chi connectivity index (χ1n) is 6.95. The molecule has 0 spiro atoms. The number of hydrogen-bond donors (Lipinski definition) is 0. The number of anilines is 1. The number of aryl methyl sites for hydroxylation is 1. The van der Waals surface area contributed by atoms with E-state index in [2.05, 4.69) is 14.9 Å². The fraction of sp³-hybridized carbons (Fsp3) is 0.692. The molecular formula is C13H20N4O2S. The van der Waals surface area contributed by atoms with Crippen molar-refractivity contribution in [2.75, 3.05) is 30.8 Å². The zero-order valence-electron chi connectivity index (χ0n) is 11.9. The highest BCUT2D eigenvalue weighted by Crippen LogP contribution is 2.33. The monoisotopic (exact) mass is 296 g/mol. The number of fused-ring (bicyclic) bond motifs is 1. The molecule has 2 fully saturated rings. The van der Waals surface area contributed by atoms with Gasteiger partial charge in [0.25, 0.3) is 0 Å². The summed E-state index contributed by atoms with van der Waals surface area (Å²) in [5.74, 6) is 1.11. The molecular weight excluding hydrogens is 276 g/mol. The highest BCUT2D eigenvalue weighted by atomic mass is 32.2. The van der Waals surface area contributed by atoms with Gasteiger partial charge in [0.15, 0.2) is 0 Å². The first-order chi connectivity index (χ1) is 9.45. The molecule has 0 N–H and O–H groups in total. The highest BCUT2D eigenvalue weighted by molar-refractivity contribution is 7.88. The standard InChI is InChI=1S/C13H20N4O2S/c1-10-6-14-13(15-7-10)17-5-3-4-11-8-16(9-12(11)17)20(2,18)19/h6-7,11-12H,3-5,8-9H2,1-2H3/t11-,12+/m1/s1. The molecule has 1 aromatic heterocycles. The number of sulfonamides is 1. The van der Waals surface area contributed by atoms with E-state index >= 15 is 0 Å². The van der Waals surface area contributed by atoms with Crippen molar-refractivity contribution in [1.29, 1.82) is 0 Å². The van der Waals surface area contributed by atoms with E-state index < -0.39 is 10.0 Å². The summed E-state index contributed by atoms with van der Waals surface area (Å²) in [5, 5.41) is 0. The second kappa shape index (κ2) is 4.96. The van der Waals surface area contributed by atoms with Crippen LogP contribution >= 0.6 is 0 Å². The lowest BCUT2D eigenvalue weighted by Crippen LogP contribution is -2.46. The van der Waals surface area contributed by atoms with Crippen molar-refractivity contribution in [3.63, 3.8) is 0 Å². The van der Waals surface area contributed by atoms with E-state index in [1.807, 2.05) is 19.3 Å². The molecule has 2 aliphatic rings. The molecule has 110 valence electrons. The number of nitrogens with zero attached hydrogens (tertiary/aromatic N) is 4. The van der Waals surface area contributed by atoms with Crippen LogP contribution in [0.5, 0.6) is 0 Å². The lowest BCUT2D eigenvalue weighted by atomic mass is 9.92. The van der Waals surface area contributed by atoms with Crippen LogP contribution < -0.4 is 4.90 Å². The van der Waals surface area contributed by atoms with Crippen LogP contribution in [0.25, 0.3) is 0 Å². The molecule has 6 nitrogen and oxygen atoms in total. The van der Waals surface area contributed by atoms with Gasteiger partial charge in [-0.15, -0.1) is 0 Å². The van der Waals surface area contributed by atoms with Gasteiger partial charge in [-0.1, -0.05) is 0 Å². The van der Waals surface area contributed by atoms with E-state index in [0.717, 1.165) is 30.9 Å². The van der Waals surface area contributed by atoms with Crippen LogP contribution in [0.4, 0.5) is 5.95 Å². The van der Waals surface area contributed by atoms with Gasteiger partial charge in [-0.25, -0.2) is 18.4 Å². The zero-order chi connectivity index (χ0) is 14.3. The minimum atomic E-state index is -3.11. The summed E-state index contributed by atoms with van der Waals surface area (Å²) in [7, 11) is -3.11. The Morgan fingerprint density at radius 2 is 1.95 bits per heavy atom. The Bertz CT molecular complexity index is 587. The molecule has 20 heavy (non-hydrogen) atoms. The van der Waals surface area contributed by atoms with Gasteiger partial charge in [0.1, 0.15) is 0 Å². The molecule has 3 rings (SSSR count). The normalized spacial score (nSPS) is 27.6. The largest absolute Gasteiger partial charge is 0.336 e. The Morgan fingerprint density at radius 1 is 1.25 bits per heavy atom. The number of rotatable bonds is 2. The zero-order valence-corrected chi connectivity index (χ0v) is 12.7. The van der Waals surface area contributed by atoms with Gasteiger partial charge in [-0.2, -0.15) is 4.31 Å². The quantitative estimate of drug-likeness (QED) is 0.801. The third-order valence-electron chi connectivity index (χ3n) is 4.24.